The predicted molar refractivity (Wildman–Crippen MR) is 52.7 cm³/mol. The van der Waals surface area contributed by atoms with E-state index in [4.69, 9.17) is 0 Å². The Kier molecular flexibility index (Phi) is 4.48. The lowest BCUT2D eigenvalue weighted by Crippen LogP contribution is -2.07. The van der Waals surface area contributed by atoms with E-state index in [1.165, 1.54) is 12.8 Å². The zero-order chi connectivity index (χ0) is 8.91. The molecule has 0 aliphatic heterocycles. The third-order valence-corrected chi connectivity index (χ3v) is 1.96. The van der Waals surface area contributed by atoms with Gasteiger partial charge in [-0.25, -0.2) is 0 Å². The summed E-state index contributed by atoms with van der Waals surface area (Å²) in [6, 6.07) is 0. The van der Waals surface area contributed by atoms with E-state index in [0.717, 1.165) is 12.3 Å². The van der Waals surface area contributed by atoms with Crippen LogP contribution >= 0.6 is 0 Å². The molecule has 1 unspecified atom stereocenters. The smallest absolute Gasteiger partial charge is 0.0328 e. The van der Waals surface area contributed by atoms with Crippen LogP contribution in [0.3, 0.4) is 0 Å². The van der Waals surface area contributed by atoms with Gasteiger partial charge in [-0.15, -0.1) is 6.58 Å². The molecule has 0 spiro atoms. The molecule has 0 amide bonds. The first-order valence-corrected chi connectivity index (χ1v) is 4.56. The monoisotopic (exact) mass is 154 g/mol. The van der Waals surface area contributed by atoms with Gasteiger partial charge in [0, 0.05) is 0 Å². The summed E-state index contributed by atoms with van der Waals surface area (Å²) in [5.41, 5.74) is 0.495. The summed E-state index contributed by atoms with van der Waals surface area (Å²) in [5.74, 6) is 0.812. The third-order valence-electron chi connectivity index (χ3n) is 1.96. The zero-order valence-corrected chi connectivity index (χ0v) is 8.48. The molecule has 0 aliphatic rings. The van der Waals surface area contributed by atoms with Crippen LogP contribution in [0.5, 0.6) is 0 Å². The van der Waals surface area contributed by atoms with Crippen molar-refractivity contribution in [2.75, 3.05) is 0 Å². The summed E-state index contributed by atoms with van der Waals surface area (Å²) < 4.78 is 0. The molecule has 0 saturated carbocycles. The van der Waals surface area contributed by atoms with Crippen LogP contribution in [0.1, 0.15) is 47.0 Å². The summed E-state index contributed by atoms with van der Waals surface area (Å²) >= 11 is 0. The van der Waals surface area contributed by atoms with Crippen LogP contribution in [0, 0.1) is 11.3 Å². The molecule has 0 aliphatic carbocycles. The fourth-order valence-electron chi connectivity index (χ4n) is 1.08. The summed E-state index contributed by atoms with van der Waals surface area (Å²) in [4.78, 5) is 0. The van der Waals surface area contributed by atoms with Gasteiger partial charge >= 0.3 is 0 Å². The topological polar surface area (TPSA) is 0 Å². The first-order valence-electron chi connectivity index (χ1n) is 4.56. The van der Waals surface area contributed by atoms with E-state index in [1.807, 2.05) is 6.08 Å². The second kappa shape index (κ2) is 4.58. The lowest BCUT2D eigenvalue weighted by atomic mass is 9.86. The molecular weight excluding hydrogens is 132 g/mol. The van der Waals surface area contributed by atoms with Crippen molar-refractivity contribution >= 4 is 0 Å². The lowest BCUT2D eigenvalue weighted by Gasteiger charge is -2.20. The van der Waals surface area contributed by atoms with Gasteiger partial charge in [0.1, 0.15) is 0 Å². The SMILES string of the molecule is C=CCC(C)CCC(C)(C)C. The number of allylic oxidation sites excluding steroid dienone is 1. The van der Waals surface area contributed by atoms with Crippen molar-refractivity contribution in [2.45, 2.75) is 47.0 Å². The fraction of sp³-hybridized carbons (Fsp3) is 0.818. The molecule has 66 valence electrons. The van der Waals surface area contributed by atoms with E-state index in [-0.39, 0.29) is 0 Å². The molecule has 11 heavy (non-hydrogen) atoms. The van der Waals surface area contributed by atoms with Crippen LogP contribution in [0.15, 0.2) is 12.7 Å². The lowest BCUT2D eigenvalue weighted by molar-refractivity contribution is 0.331. The normalized spacial score (nSPS) is 14.5. The summed E-state index contributed by atoms with van der Waals surface area (Å²) in [6.07, 6.45) is 5.83. The molecule has 0 N–H and O–H groups in total. The molecular formula is C11H22. The maximum Gasteiger partial charge on any atom is -0.0328 e. The van der Waals surface area contributed by atoms with Crippen molar-refractivity contribution in [1.82, 2.24) is 0 Å². The van der Waals surface area contributed by atoms with E-state index in [0.29, 0.717) is 5.41 Å². The van der Waals surface area contributed by atoms with Gasteiger partial charge in [-0.05, 0) is 30.6 Å². The van der Waals surface area contributed by atoms with Crippen LogP contribution in [0.25, 0.3) is 0 Å². The number of hydrogen-bond acceptors (Lipinski definition) is 0. The van der Waals surface area contributed by atoms with Crippen LogP contribution in [-0.4, -0.2) is 0 Å². The second-order valence-electron chi connectivity index (χ2n) is 4.73. The average Bonchev–Trinajstić information content (AvgIpc) is 1.83. The summed E-state index contributed by atoms with van der Waals surface area (Å²) in [7, 11) is 0. The average molecular weight is 154 g/mol. The number of hydrogen-bond donors (Lipinski definition) is 0. The van der Waals surface area contributed by atoms with Gasteiger partial charge in [-0.2, -0.15) is 0 Å². The molecule has 1 atom stereocenters. The van der Waals surface area contributed by atoms with Crippen LogP contribution in [0.2, 0.25) is 0 Å². The Bertz CT molecular complexity index is 106. The Morgan fingerprint density at radius 1 is 1.36 bits per heavy atom. The molecule has 0 radical (unpaired) electrons. The van der Waals surface area contributed by atoms with Crippen molar-refractivity contribution in [3.05, 3.63) is 12.7 Å². The fourth-order valence-corrected chi connectivity index (χ4v) is 1.08. The highest BCUT2D eigenvalue weighted by molar-refractivity contribution is 4.72. The van der Waals surface area contributed by atoms with Crippen molar-refractivity contribution in [2.24, 2.45) is 11.3 Å². The minimum atomic E-state index is 0.495. The minimum Gasteiger partial charge on any atom is -0.103 e. The highest BCUT2D eigenvalue weighted by atomic mass is 14.2. The minimum absolute atomic E-state index is 0.495. The highest BCUT2D eigenvalue weighted by Crippen LogP contribution is 2.24. The van der Waals surface area contributed by atoms with Gasteiger partial charge in [0.05, 0.1) is 0 Å². The van der Waals surface area contributed by atoms with Crippen LogP contribution in [0.4, 0.5) is 0 Å². The Morgan fingerprint density at radius 3 is 2.27 bits per heavy atom. The van der Waals surface area contributed by atoms with Gasteiger partial charge in [-0.3, -0.25) is 0 Å². The molecule has 0 aromatic rings. The highest BCUT2D eigenvalue weighted by Gasteiger charge is 2.11. The molecule has 0 aromatic heterocycles. The summed E-state index contributed by atoms with van der Waals surface area (Å²) in [6.45, 7) is 12.9. The molecule has 0 saturated heterocycles. The number of rotatable bonds is 4. The predicted octanol–water partition coefficient (Wildman–Crippen LogP) is 4.02. The molecule has 0 heterocycles. The van der Waals surface area contributed by atoms with Gasteiger partial charge in [0.2, 0.25) is 0 Å². The van der Waals surface area contributed by atoms with Crippen LogP contribution < -0.4 is 0 Å². The van der Waals surface area contributed by atoms with Crippen molar-refractivity contribution in [1.29, 1.82) is 0 Å². The van der Waals surface area contributed by atoms with Crippen molar-refractivity contribution in [3.63, 3.8) is 0 Å². The molecule has 0 heteroatoms. The Morgan fingerprint density at radius 2 is 1.91 bits per heavy atom. The standard InChI is InChI=1S/C11H22/c1-6-7-10(2)8-9-11(3,4)5/h6,10H,1,7-9H2,2-5H3. The molecule has 0 aromatic carbocycles. The largest absolute Gasteiger partial charge is 0.103 e. The Labute approximate surface area is 71.7 Å². The van der Waals surface area contributed by atoms with Crippen molar-refractivity contribution in [3.8, 4) is 0 Å². The molecule has 0 bridgehead atoms. The van der Waals surface area contributed by atoms with E-state index in [2.05, 4.69) is 34.3 Å². The van der Waals surface area contributed by atoms with Gasteiger partial charge < -0.3 is 0 Å². The Hall–Kier alpha value is -0.260. The maximum absolute atomic E-state index is 3.75. The zero-order valence-electron chi connectivity index (χ0n) is 8.48. The molecule has 0 fully saturated rings. The van der Waals surface area contributed by atoms with E-state index in [1.54, 1.807) is 0 Å². The first kappa shape index (κ1) is 10.7. The van der Waals surface area contributed by atoms with Gasteiger partial charge in [0.15, 0.2) is 0 Å². The van der Waals surface area contributed by atoms with E-state index < -0.39 is 0 Å². The molecule has 0 nitrogen and oxygen atoms in total. The Balaban J connectivity index is 3.45. The van der Waals surface area contributed by atoms with Crippen LogP contribution in [-0.2, 0) is 0 Å². The second-order valence-corrected chi connectivity index (χ2v) is 4.73. The van der Waals surface area contributed by atoms with E-state index >= 15 is 0 Å². The third kappa shape index (κ3) is 7.64. The van der Waals surface area contributed by atoms with E-state index in [9.17, 15) is 0 Å². The van der Waals surface area contributed by atoms with Crippen molar-refractivity contribution < 1.29 is 0 Å². The summed E-state index contributed by atoms with van der Waals surface area (Å²) in [5, 5.41) is 0. The first-order chi connectivity index (χ1) is 4.95. The maximum atomic E-state index is 3.75. The van der Waals surface area contributed by atoms with Gasteiger partial charge in [0.25, 0.3) is 0 Å². The van der Waals surface area contributed by atoms with Gasteiger partial charge in [-0.1, -0.05) is 33.8 Å². The quantitative estimate of drug-likeness (QED) is 0.536. The molecule has 0 rings (SSSR count).